The molecule has 2 aliphatic heterocycles. The normalized spacial score (nSPS) is 26.9. The van der Waals surface area contributed by atoms with Crippen LogP contribution in [0.3, 0.4) is 0 Å². The molecule has 0 radical (unpaired) electrons. The van der Waals surface area contributed by atoms with Gasteiger partial charge in [-0.25, -0.2) is 9.97 Å². The molecule has 3 heterocycles. The van der Waals surface area contributed by atoms with E-state index in [0.717, 1.165) is 39.4 Å². The molecule has 0 unspecified atom stereocenters. The number of hydrogen-bond acceptors (Lipinski definition) is 6. The maximum Gasteiger partial charge on any atom is 0.222 e. The van der Waals surface area contributed by atoms with Gasteiger partial charge in [0.25, 0.3) is 0 Å². The lowest BCUT2D eigenvalue weighted by Crippen LogP contribution is -2.42. The third-order valence-corrected chi connectivity index (χ3v) is 4.27. The first-order chi connectivity index (χ1) is 10.6. The van der Waals surface area contributed by atoms with Gasteiger partial charge in [-0.3, -0.25) is 4.90 Å². The van der Waals surface area contributed by atoms with Crippen molar-refractivity contribution in [3.8, 4) is 0 Å². The maximum absolute atomic E-state index is 5.83. The first kappa shape index (κ1) is 15.6. The van der Waals surface area contributed by atoms with E-state index < -0.39 is 0 Å². The molecule has 1 aromatic heterocycles. The predicted octanol–water partition coefficient (Wildman–Crippen LogP) is 1.06. The van der Waals surface area contributed by atoms with E-state index in [1.54, 1.807) is 0 Å². The molecule has 6 nitrogen and oxygen atoms in total. The molecular formula is C16H27N5O. The molecular weight excluding hydrogens is 278 g/mol. The van der Waals surface area contributed by atoms with E-state index >= 15 is 0 Å². The van der Waals surface area contributed by atoms with E-state index in [9.17, 15) is 0 Å². The first-order valence-corrected chi connectivity index (χ1v) is 8.18. The second kappa shape index (κ2) is 6.89. The number of likely N-dealkylation sites (N-methyl/N-ethyl adjacent to an activating group) is 1. The highest BCUT2D eigenvalue weighted by atomic mass is 16.5. The highest BCUT2D eigenvalue weighted by Crippen LogP contribution is 2.20. The minimum atomic E-state index is 0.350. The van der Waals surface area contributed by atoms with Crippen LogP contribution in [0.1, 0.15) is 19.4 Å². The summed E-state index contributed by atoms with van der Waals surface area (Å²) in [5, 5.41) is 3.23. The Morgan fingerprint density at radius 1 is 1.23 bits per heavy atom. The number of hydrogen-bond donors (Lipinski definition) is 1. The third kappa shape index (κ3) is 3.94. The number of aromatic nitrogens is 2. The van der Waals surface area contributed by atoms with E-state index in [1.807, 2.05) is 12.4 Å². The van der Waals surface area contributed by atoms with Crippen LogP contribution in [0.5, 0.6) is 0 Å². The molecule has 2 fully saturated rings. The van der Waals surface area contributed by atoms with Crippen molar-refractivity contribution >= 4 is 5.95 Å². The molecule has 122 valence electrons. The monoisotopic (exact) mass is 305 g/mol. The molecule has 0 amide bonds. The summed E-state index contributed by atoms with van der Waals surface area (Å²) in [6.45, 7) is 10.1. The van der Waals surface area contributed by atoms with Crippen LogP contribution >= 0.6 is 0 Å². The van der Waals surface area contributed by atoms with Crippen LogP contribution in [0.25, 0.3) is 0 Å². The number of fused-ring (bicyclic) bond motifs is 3. The predicted molar refractivity (Wildman–Crippen MR) is 86.8 cm³/mol. The Morgan fingerprint density at radius 2 is 2.00 bits per heavy atom. The number of rotatable bonds is 4. The van der Waals surface area contributed by atoms with Crippen LogP contribution in [0.4, 0.5) is 5.95 Å². The molecule has 2 aliphatic rings. The Labute approximate surface area is 132 Å². The van der Waals surface area contributed by atoms with E-state index in [1.165, 1.54) is 5.56 Å². The Kier molecular flexibility index (Phi) is 4.90. The molecule has 1 N–H and O–H groups in total. The van der Waals surface area contributed by atoms with Crippen LogP contribution in [-0.2, 0) is 11.3 Å². The minimum absolute atomic E-state index is 0.350. The van der Waals surface area contributed by atoms with Crippen molar-refractivity contribution in [3.05, 3.63) is 18.0 Å². The van der Waals surface area contributed by atoms with Crippen LogP contribution in [0.2, 0.25) is 0 Å². The second-order valence-electron chi connectivity index (χ2n) is 6.92. The van der Waals surface area contributed by atoms with Gasteiger partial charge in [-0.2, -0.15) is 0 Å². The Balaban J connectivity index is 1.66. The number of nitrogens with one attached hydrogen (secondary N) is 1. The van der Waals surface area contributed by atoms with Gasteiger partial charge in [0, 0.05) is 62.1 Å². The van der Waals surface area contributed by atoms with Gasteiger partial charge >= 0.3 is 0 Å². The third-order valence-electron chi connectivity index (χ3n) is 4.27. The zero-order valence-corrected chi connectivity index (χ0v) is 13.8. The zero-order valence-electron chi connectivity index (χ0n) is 13.8. The largest absolute Gasteiger partial charge is 0.379 e. The molecule has 0 saturated carbocycles. The summed E-state index contributed by atoms with van der Waals surface area (Å²) < 4.78 is 5.83. The summed E-state index contributed by atoms with van der Waals surface area (Å²) >= 11 is 0. The maximum atomic E-state index is 5.83. The minimum Gasteiger partial charge on any atom is -0.379 e. The van der Waals surface area contributed by atoms with Crippen molar-refractivity contribution in [2.45, 2.75) is 32.5 Å². The van der Waals surface area contributed by atoms with Gasteiger partial charge in [-0.15, -0.1) is 0 Å². The van der Waals surface area contributed by atoms with Crippen LogP contribution < -0.4 is 5.32 Å². The lowest BCUT2D eigenvalue weighted by atomic mass is 10.1. The molecule has 0 spiro atoms. The Bertz CT molecular complexity index is 478. The molecule has 6 heteroatoms. The summed E-state index contributed by atoms with van der Waals surface area (Å²) in [7, 11) is 2.21. The quantitative estimate of drug-likeness (QED) is 0.898. The first-order valence-electron chi connectivity index (χ1n) is 8.18. The fraction of sp³-hybridized carbons (Fsp3) is 0.750. The highest BCUT2D eigenvalue weighted by Gasteiger charge is 2.31. The molecule has 3 rings (SSSR count). The van der Waals surface area contributed by atoms with Crippen molar-refractivity contribution in [1.29, 1.82) is 0 Å². The van der Waals surface area contributed by atoms with Gasteiger partial charge in [0.15, 0.2) is 0 Å². The van der Waals surface area contributed by atoms with Crippen LogP contribution in [0, 0.1) is 5.92 Å². The van der Waals surface area contributed by atoms with Gasteiger partial charge in [0.1, 0.15) is 0 Å². The number of anilines is 1. The molecule has 0 aliphatic carbocycles. The van der Waals surface area contributed by atoms with Gasteiger partial charge in [-0.05, 0) is 20.9 Å². The average Bonchev–Trinajstić information content (AvgIpc) is 2.70. The fourth-order valence-electron chi connectivity index (χ4n) is 3.36. The van der Waals surface area contributed by atoms with Crippen molar-refractivity contribution in [2.24, 2.45) is 5.92 Å². The highest BCUT2D eigenvalue weighted by molar-refractivity contribution is 5.25. The average molecular weight is 305 g/mol. The van der Waals surface area contributed by atoms with E-state index in [4.69, 9.17) is 4.74 Å². The Morgan fingerprint density at radius 3 is 2.73 bits per heavy atom. The molecule has 2 saturated heterocycles. The second-order valence-corrected chi connectivity index (χ2v) is 6.92. The molecule has 2 bridgehead atoms. The smallest absolute Gasteiger partial charge is 0.222 e. The van der Waals surface area contributed by atoms with Gasteiger partial charge in [0.2, 0.25) is 5.95 Å². The van der Waals surface area contributed by atoms with Crippen LogP contribution in [0.15, 0.2) is 12.4 Å². The molecule has 0 aromatic carbocycles. The Hall–Kier alpha value is -1.24. The fourth-order valence-corrected chi connectivity index (χ4v) is 3.36. The van der Waals surface area contributed by atoms with E-state index in [2.05, 4.69) is 46.0 Å². The summed E-state index contributed by atoms with van der Waals surface area (Å²) in [5.41, 5.74) is 1.17. The number of nitrogens with zero attached hydrogens (tertiary/aromatic N) is 4. The SMILES string of the molecule is CC(C)Nc1ncc(CN2C[C@H]3COC[C@@H]2CN(C)C3)cn1. The molecule has 1 aromatic rings. The van der Waals surface area contributed by atoms with E-state index in [0.29, 0.717) is 23.9 Å². The van der Waals surface area contributed by atoms with Crippen LogP contribution in [-0.4, -0.2) is 71.7 Å². The molecule has 2 atom stereocenters. The topological polar surface area (TPSA) is 53.5 Å². The summed E-state index contributed by atoms with van der Waals surface area (Å²) in [4.78, 5) is 13.8. The summed E-state index contributed by atoms with van der Waals surface area (Å²) in [6, 6.07) is 0.814. The molecule has 22 heavy (non-hydrogen) atoms. The lowest BCUT2D eigenvalue weighted by molar-refractivity contribution is 0.0561. The van der Waals surface area contributed by atoms with Crippen molar-refractivity contribution in [3.63, 3.8) is 0 Å². The lowest BCUT2D eigenvalue weighted by Gasteiger charge is -2.29. The van der Waals surface area contributed by atoms with Gasteiger partial charge in [-0.1, -0.05) is 0 Å². The van der Waals surface area contributed by atoms with Crippen molar-refractivity contribution in [2.75, 3.05) is 45.2 Å². The van der Waals surface area contributed by atoms with Crippen molar-refractivity contribution in [1.82, 2.24) is 19.8 Å². The van der Waals surface area contributed by atoms with Gasteiger partial charge < -0.3 is 15.0 Å². The van der Waals surface area contributed by atoms with E-state index in [-0.39, 0.29) is 0 Å². The van der Waals surface area contributed by atoms with Crippen molar-refractivity contribution < 1.29 is 4.74 Å². The number of ether oxygens (including phenoxy) is 1. The summed E-state index contributed by atoms with van der Waals surface area (Å²) in [6.07, 6.45) is 3.88. The van der Waals surface area contributed by atoms with Gasteiger partial charge in [0.05, 0.1) is 13.2 Å². The summed E-state index contributed by atoms with van der Waals surface area (Å²) in [5.74, 6) is 1.30. The standard InChI is InChI=1S/C16H27N5O/c1-12(2)19-16-17-4-13(5-18-16)7-21-8-14-6-20(3)9-15(21)11-22-10-14/h4-5,12,14-15H,6-11H2,1-3H3,(H,17,18,19)/t14-,15-/m0/s1. The zero-order chi connectivity index (χ0) is 15.5.